The lowest BCUT2D eigenvalue weighted by atomic mass is 9.99. The van der Waals surface area contributed by atoms with Gasteiger partial charge in [-0.1, -0.05) is 0 Å². The van der Waals surface area contributed by atoms with E-state index in [4.69, 9.17) is 0 Å². The molecular weight excluding hydrogens is 311 g/mol. The summed E-state index contributed by atoms with van der Waals surface area (Å²) in [5, 5.41) is 2.78. The van der Waals surface area contributed by atoms with Crippen molar-refractivity contribution in [1.29, 1.82) is 0 Å². The number of rotatable bonds is 3. The maximum atomic E-state index is 12.7. The monoisotopic (exact) mass is 327 g/mol. The fourth-order valence-corrected chi connectivity index (χ4v) is 2.69. The summed E-state index contributed by atoms with van der Waals surface area (Å²) in [6, 6.07) is 0. The van der Waals surface area contributed by atoms with E-state index in [1.165, 1.54) is 10.8 Å². The second-order valence-corrected chi connectivity index (χ2v) is 5.69. The second kappa shape index (κ2) is 5.71. The number of hydrogen-bond donors (Lipinski definition) is 2. The standard InChI is InChI=1S/C14H16F3N5O/c1-8-18-5-10(20-8)13(23)19-4-9-2-3-12-21-11(14(15,16)17)7-22(12)6-9/h5,7,9H,2-4,6H2,1H3,(H,18,20)(H,19,23)/t9-/m0/s1. The first kappa shape index (κ1) is 15.6. The summed E-state index contributed by atoms with van der Waals surface area (Å²) in [5.74, 6) is 0.906. The number of imidazole rings is 2. The topological polar surface area (TPSA) is 75.6 Å². The van der Waals surface area contributed by atoms with E-state index < -0.39 is 11.9 Å². The Kier molecular flexibility index (Phi) is 3.87. The number of nitrogens with zero attached hydrogens (tertiary/aromatic N) is 3. The summed E-state index contributed by atoms with van der Waals surface area (Å²) in [6.45, 7) is 2.56. The van der Waals surface area contributed by atoms with Gasteiger partial charge in [0, 0.05) is 25.7 Å². The highest BCUT2D eigenvalue weighted by Crippen LogP contribution is 2.30. The van der Waals surface area contributed by atoms with E-state index in [0.29, 0.717) is 43.3 Å². The zero-order chi connectivity index (χ0) is 16.6. The summed E-state index contributed by atoms with van der Waals surface area (Å²) in [5.41, 5.74) is -0.480. The Hall–Kier alpha value is -2.32. The molecule has 1 atom stereocenters. The molecule has 23 heavy (non-hydrogen) atoms. The second-order valence-electron chi connectivity index (χ2n) is 5.69. The van der Waals surface area contributed by atoms with Crippen LogP contribution in [0.1, 0.15) is 34.3 Å². The minimum Gasteiger partial charge on any atom is -0.350 e. The average molecular weight is 327 g/mol. The van der Waals surface area contributed by atoms with Crippen LogP contribution in [0.3, 0.4) is 0 Å². The molecule has 0 bridgehead atoms. The maximum absolute atomic E-state index is 12.7. The van der Waals surface area contributed by atoms with Crippen LogP contribution in [0.2, 0.25) is 0 Å². The molecule has 0 radical (unpaired) electrons. The molecule has 1 amide bonds. The molecule has 1 aliphatic heterocycles. The summed E-state index contributed by atoms with van der Waals surface area (Å²) in [6.07, 6.45) is -0.764. The fourth-order valence-electron chi connectivity index (χ4n) is 2.69. The highest BCUT2D eigenvalue weighted by Gasteiger charge is 2.35. The van der Waals surface area contributed by atoms with Crippen molar-refractivity contribution in [2.75, 3.05) is 6.54 Å². The number of carbonyl (C=O) groups is 1. The van der Waals surface area contributed by atoms with Gasteiger partial charge in [0.25, 0.3) is 5.91 Å². The first-order valence-corrected chi connectivity index (χ1v) is 7.26. The van der Waals surface area contributed by atoms with Crippen LogP contribution in [0.5, 0.6) is 0 Å². The van der Waals surface area contributed by atoms with Crippen molar-refractivity contribution in [3.8, 4) is 0 Å². The van der Waals surface area contributed by atoms with Crippen LogP contribution in [0.4, 0.5) is 13.2 Å². The maximum Gasteiger partial charge on any atom is 0.434 e. The van der Waals surface area contributed by atoms with Crippen molar-refractivity contribution < 1.29 is 18.0 Å². The molecule has 0 fully saturated rings. The first-order valence-electron chi connectivity index (χ1n) is 7.26. The van der Waals surface area contributed by atoms with Crippen molar-refractivity contribution in [2.45, 2.75) is 32.5 Å². The van der Waals surface area contributed by atoms with Crippen LogP contribution >= 0.6 is 0 Å². The van der Waals surface area contributed by atoms with Crippen LogP contribution in [0, 0.1) is 12.8 Å². The molecule has 2 N–H and O–H groups in total. The van der Waals surface area contributed by atoms with Crippen LogP contribution in [-0.2, 0) is 19.1 Å². The lowest BCUT2D eigenvalue weighted by Gasteiger charge is -2.23. The van der Waals surface area contributed by atoms with Gasteiger partial charge in [0.15, 0.2) is 5.69 Å². The Bertz CT molecular complexity index is 718. The molecule has 0 saturated carbocycles. The summed E-state index contributed by atoms with van der Waals surface area (Å²) < 4.78 is 39.5. The number of carbonyl (C=O) groups excluding carboxylic acids is 1. The predicted octanol–water partition coefficient (Wildman–Crippen LogP) is 1.93. The molecule has 2 aromatic heterocycles. The Labute approximate surface area is 130 Å². The Morgan fingerprint density at radius 1 is 1.52 bits per heavy atom. The number of halogens is 3. The minimum atomic E-state index is -4.42. The van der Waals surface area contributed by atoms with E-state index in [2.05, 4.69) is 20.3 Å². The van der Waals surface area contributed by atoms with Gasteiger partial charge >= 0.3 is 6.18 Å². The van der Waals surface area contributed by atoms with E-state index >= 15 is 0 Å². The van der Waals surface area contributed by atoms with Gasteiger partial charge in [0.1, 0.15) is 17.3 Å². The van der Waals surface area contributed by atoms with Crippen molar-refractivity contribution >= 4 is 5.91 Å². The largest absolute Gasteiger partial charge is 0.434 e. The van der Waals surface area contributed by atoms with E-state index in [1.807, 2.05) is 0 Å². The summed E-state index contributed by atoms with van der Waals surface area (Å²) >= 11 is 0. The van der Waals surface area contributed by atoms with Crippen LogP contribution in [0.15, 0.2) is 12.4 Å². The SMILES string of the molecule is Cc1ncc(C(=O)NC[C@@H]2CCc3nc(C(F)(F)F)cn3C2)[nH]1. The molecule has 1 aliphatic rings. The highest BCUT2D eigenvalue weighted by molar-refractivity contribution is 5.92. The van der Waals surface area contributed by atoms with Gasteiger partial charge < -0.3 is 14.9 Å². The predicted molar refractivity (Wildman–Crippen MR) is 74.7 cm³/mol. The molecule has 6 nitrogen and oxygen atoms in total. The number of amides is 1. The number of aromatic nitrogens is 4. The summed E-state index contributed by atoms with van der Waals surface area (Å²) in [7, 11) is 0. The van der Waals surface area contributed by atoms with Gasteiger partial charge in [0.2, 0.25) is 0 Å². The van der Waals surface area contributed by atoms with Crippen LogP contribution in [-0.4, -0.2) is 32.0 Å². The molecule has 124 valence electrons. The van der Waals surface area contributed by atoms with E-state index in [1.54, 1.807) is 6.92 Å². The first-order chi connectivity index (χ1) is 10.8. The fraction of sp³-hybridized carbons (Fsp3) is 0.500. The molecule has 0 spiro atoms. The van der Waals surface area contributed by atoms with Gasteiger partial charge in [-0.05, 0) is 19.3 Å². The number of alkyl halides is 3. The number of fused-ring (bicyclic) bond motifs is 1. The highest BCUT2D eigenvalue weighted by atomic mass is 19.4. The molecule has 9 heteroatoms. The number of H-pyrrole nitrogens is 1. The Morgan fingerprint density at radius 3 is 2.96 bits per heavy atom. The Balaban J connectivity index is 1.59. The van der Waals surface area contributed by atoms with Crippen molar-refractivity contribution in [3.63, 3.8) is 0 Å². The number of nitrogens with one attached hydrogen (secondary N) is 2. The molecule has 3 heterocycles. The van der Waals surface area contributed by atoms with Gasteiger partial charge in [-0.15, -0.1) is 0 Å². The zero-order valence-corrected chi connectivity index (χ0v) is 12.4. The third-order valence-corrected chi connectivity index (χ3v) is 3.88. The molecular formula is C14H16F3N5O. The minimum absolute atomic E-state index is 0.0748. The summed E-state index contributed by atoms with van der Waals surface area (Å²) in [4.78, 5) is 22.4. The number of hydrogen-bond acceptors (Lipinski definition) is 3. The van der Waals surface area contributed by atoms with E-state index in [0.717, 1.165) is 6.20 Å². The quantitative estimate of drug-likeness (QED) is 0.904. The van der Waals surface area contributed by atoms with Crippen molar-refractivity contribution in [2.24, 2.45) is 5.92 Å². The molecule has 3 rings (SSSR count). The lowest BCUT2D eigenvalue weighted by molar-refractivity contribution is -0.141. The molecule has 0 saturated heterocycles. The van der Waals surface area contributed by atoms with Crippen molar-refractivity contribution in [1.82, 2.24) is 24.8 Å². The number of aryl methyl sites for hydroxylation is 2. The lowest BCUT2D eigenvalue weighted by Crippen LogP contribution is -2.33. The van der Waals surface area contributed by atoms with Gasteiger partial charge in [-0.25, -0.2) is 9.97 Å². The van der Waals surface area contributed by atoms with Gasteiger partial charge in [0.05, 0.1) is 6.20 Å². The van der Waals surface area contributed by atoms with E-state index in [-0.39, 0.29) is 11.8 Å². The van der Waals surface area contributed by atoms with Gasteiger partial charge in [-0.3, -0.25) is 4.79 Å². The zero-order valence-electron chi connectivity index (χ0n) is 12.4. The third-order valence-electron chi connectivity index (χ3n) is 3.88. The van der Waals surface area contributed by atoms with Crippen LogP contribution < -0.4 is 5.32 Å². The molecule has 0 unspecified atom stereocenters. The van der Waals surface area contributed by atoms with E-state index in [9.17, 15) is 18.0 Å². The average Bonchev–Trinajstić information content (AvgIpc) is 3.09. The normalized spacial score (nSPS) is 17.8. The molecule has 0 aliphatic carbocycles. The number of aromatic amines is 1. The third kappa shape index (κ3) is 3.38. The van der Waals surface area contributed by atoms with Crippen LogP contribution in [0.25, 0.3) is 0 Å². The van der Waals surface area contributed by atoms with Gasteiger partial charge in [-0.2, -0.15) is 13.2 Å². The molecule has 0 aromatic carbocycles. The Morgan fingerprint density at radius 2 is 2.30 bits per heavy atom. The smallest absolute Gasteiger partial charge is 0.350 e. The molecule has 2 aromatic rings. The van der Waals surface area contributed by atoms with Crippen molar-refractivity contribution in [3.05, 3.63) is 35.4 Å².